The zero-order chi connectivity index (χ0) is 17.6. The van der Waals surface area contributed by atoms with Crippen molar-refractivity contribution in [3.63, 3.8) is 0 Å². The molecule has 0 bridgehead atoms. The van der Waals surface area contributed by atoms with E-state index in [-0.39, 0.29) is 36.5 Å². The van der Waals surface area contributed by atoms with Crippen LogP contribution in [0.4, 0.5) is 0 Å². The van der Waals surface area contributed by atoms with Crippen LogP contribution in [0, 0.1) is 0 Å². The molecule has 1 fully saturated rings. The van der Waals surface area contributed by atoms with Gasteiger partial charge in [-0.2, -0.15) is 0 Å². The SMILES string of the molecule is O=C(CCC(=O)c1cccs1)NC1CCN(C(=O)c2ccco2)CC1. The summed E-state index contributed by atoms with van der Waals surface area (Å²) >= 11 is 1.39. The Balaban J connectivity index is 1.39. The minimum Gasteiger partial charge on any atom is -0.459 e. The second-order valence-electron chi connectivity index (χ2n) is 6.01. The third-order valence-corrected chi connectivity index (χ3v) is 5.17. The average Bonchev–Trinajstić information content (AvgIpc) is 3.33. The Bertz CT molecular complexity index is 716. The summed E-state index contributed by atoms with van der Waals surface area (Å²) < 4.78 is 5.13. The normalized spacial score (nSPS) is 15.1. The van der Waals surface area contributed by atoms with Crippen LogP contribution in [0.5, 0.6) is 0 Å². The Morgan fingerprint density at radius 3 is 2.60 bits per heavy atom. The van der Waals surface area contributed by atoms with Crippen molar-refractivity contribution in [1.82, 2.24) is 10.2 Å². The van der Waals surface area contributed by atoms with E-state index in [1.54, 1.807) is 23.1 Å². The quantitative estimate of drug-likeness (QED) is 0.803. The van der Waals surface area contributed by atoms with Crippen LogP contribution in [-0.4, -0.2) is 41.6 Å². The van der Waals surface area contributed by atoms with Gasteiger partial charge in [-0.1, -0.05) is 6.07 Å². The minimum atomic E-state index is -0.115. The van der Waals surface area contributed by atoms with E-state index in [0.29, 0.717) is 36.6 Å². The molecule has 0 aliphatic carbocycles. The van der Waals surface area contributed by atoms with Gasteiger partial charge in [0, 0.05) is 32.0 Å². The zero-order valence-corrected chi connectivity index (χ0v) is 14.6. The Labute approximate surface area is 149 Å². The summed E-state index contributed by atoms with van der Waals surface area (Å²) in [5, 5.41) is 4.82. The highest BCUT2D eigenvalue weighted by molar-refractivity contribution is 7.12. The van der Waals surface area contributed by atoms with Crippen molar-refractivity contribution in [2.45, 2.75) is 31.7 Å². The molecule has 1 N–H and O–H groups in total. The van der Waals surface area contributed by atoms with Gasteiger partial charge in [-0.25, -0.2) is 0 Å². The number of amides is 2. The van der Waals surface area contributed by atoms with Crippen molar-refractivity contribution in [3.8, 4) is 0 Å². The van der Waals surface area contributed by atoms with E-state index in [1.807, 2.05) is 11.4 Å². The number of nitrogens with one attached hydrogen (secondary N) is 1. The fraction of sp³-hybridized carbons (Fsp3) is 0.389. The molecule has 132 valence electrons. The molecule has 1 aliphatic rings. The molecule has 0 spiro atoms. The van der Waals surface area contributed by atoms with Gasteiger partial charge in [-0.05, 0) is 36.4 Å². The summed E-state index contributed by atoms with van der Waals surface area (Å²) in [6.45, 7) is 1.16. The molecule has 2 aromatic heterocycles. The van der Waals surface area contributed by atoms with Crippen LogP contribution in [0.2, 0.25) is 0 Å². The summed E-state index contributed by atoms with van der Waals surface area (Å²) in [5.74, 6) is 0.121. The van der Waals surface area contributed by atoms with Crippen molar-refractivity contribution in [3.05, 3.63) is 46.5 Å². The van der Waals surface area contributed by atoms with Crippen LogP contribution in [0.15, 0.2) is 40.3 Å². The molecule has 0 radical (unpaired) electrons. The van der Waals surface area contributed by atoms with Crippen LogP contribution in [0.25, 0.3) is 0 Å². The molecule has 0 unspecified atom stereocenters. The molecule has 1 saturated heterocycles. The van der Waals surface area contributed by atoms with Gasteiger partial charge in [-0.3, -0.25) is 14.4 Å². The number of piperidine rings is 1. The Morgan fingerprint density at radius 2 is 1.96 bits per heavy atom. The number of carbonyl (C=O) groups excluding carboxylic acids is 3. The summed E-state index contributed by atoms with van der Waals surface area (Å²) in [7, 11) is 0. The molecular weight excluding hydrogens is 340 g/mol. The molecule has 0 atom stereocenters. The number of rotatable bonds is 6. The predicted octanol–water partition coefficient (Wildman–Crippen LogP) is 2.73. The average molecular weight is 360 g/mol. The molecule has 2 aromatic rings. The van der Waals surface area contributed by atoms with Gasteiger partial charge in [0.15, 0.2) is 11.5 Å². The lowest BCUT2D eigenvalue weighted by atomic mass is 10.0. The first kappa shape index (κ1) is 17.4. The molecule has 2 amide bonds. The summed E-state index contributed by atoms with van der Waals surface area (Å²) in [6.07, 6.45) is 3.32. The molecule has 3 rings (SSSR count). The molecule has 6 nitrogen and oxygen atoms in total. The lowest BCUT2D eigenvalue weighted by Crippen LogP contribution is -2.46. The molecule has 1 aliphatic heterocycles. The Hall–Kier alpha value is -2.41. The van der Waals surface area contributed by atoms with E-state index in [0.717, 1.165) is 0 Å². The molecular formula is C18H20N2O4S. The number of carbonyl (C=O) groups is 3. The Kier molecular flexibility index (Phi) is 5.65. The maximum absolute atomic E-state index is 12.2. The monoisotopic (exact) mass is 360 g/mol. The van der Waals surface area contributed by atoms with Crippen molar-refractivity contribution in [1.29, 1.82) is 0 Å². The third kappa shape index (κ3) is 4.57. The minimum absolute atomic E-state index is 0.00372. The maximum atomic E-state index is 12.2. The van der Waals surface area contributed by atoms with Crippen LogP contribution in [-0.2, 0) is 4.79 Å². The number of furan rings is 1. The van der Waals surface area contributed by atoms with Crippen molar-refractivity contribution in [2.24, 2.45) is 0 Å². The standard InChI is InChI=1S/C18H20N2O4S/c21-14(16-4-2-12-25-16)5-6-17(22)19-13-7-9-20(10-8-13)18(23)15-3-1-11-24-15/h1-4,11-13H,5-10H2,(H,19,22). The maximum Gasteiger partial charge on any atom is 0.289 e. The van der Waals surface area contributed by atoms with Crippen LogP contribution in [0.1, 0.15) is 45.9 Å². The van der Waals surface area contributed by atoms with Gasteiger partial charge in [0.2, 0.25) is 5.91 Å². The van der Waals surface area contributed by atoms with E-state index in [4.69, 9.17) is 4.42 Å². The number of Topliss-reactive ketones (excluding diaryl/α,β-unsaturated/α-hetero) is 1. The highest BCUT2D eigenvalue weighted by Crippen LogP contribution is 2.15. The Morgan fingerprint density at radius 1 is 1.16 bits per heavy atom. The number of hydrogen-bond donors (Lipinski definition) is 1. The predicted molar refractivity (Wildman–Crippen MR) is 93.7 cm³/mol. The van der Waals surface area contributed by atoms with Gasteiger partial charge in [0.1, 0.15) is 0 Å². The van der Waals surface area contributed by atoms with Crippen molar-refractivity contribution in [2.75, 3.05) is 13.1 Å². The summed E-state index contributed by atoms with van der Waals surface area (Å²) in [6, 6.07) is 7.00. The topological polar surface area (TPSA) is 79.6 Å². The molecule has 0 aromatic carbocycles. The fourth-order valence-electron chi connectivity index (χ4n) is 2.87. The van der Waals surface area contributed by atoms with Gasteiger partial charge in [0.05, 0.1) is 11.1 Å². The van der Waals surface area contributed by atoms with Gasteiger partial charge in [-0.15, -0.1) is 11.3 Å². The van der Waals surface area contributed by atoms with Crippen LogP contribution >= 0.6 is 11.3 Å². The number of thiophene rings is 1. The van der Waals surface area contributed by atoms with Crippen LogP contribution in [0.3, 0.4) is 0 Å². The summed E-state index contributed by atoms with van der Waals surface area (Å²) in [5.41, 5.74) is 0. The largest absolute Gasteiger partial charge is 0.459 e. The first-order valence-electron chi connectivity index (χ1n) is 8.32. The first-order valence-corrected chi connectivity index (χ1v) is 9.20. The second-order valence-corrected chi connectivity index (χ2v) is 6.96. The lowest BCUT2D eigenvalue weighted by Gasteiger charge is -2.31. The van der Waals surface area contributed by atoms with E-state index in [1.165, 1.54) is 17.6 Å². The van der Waals surface area contributed by atoms with Gasteiger partial charge in [0.25, 0.3) is 5.91 Å². The second kappa shape index (κ2) is 8.11. The molecule has 7 heteroatoms. The number of nitrogens with zero attached hydrogens (tertiary/aromatic N) is 1. The van der Waals surface area contributed by atoms with E-state index in [2.05, 4.69) is 5.32 Å². The highest BCUT2D eigenvalue weighted by atomic mass is 32.1. The number of hydrogen-bond acceptors (Lipinski definition) is 5. The molecule has 3 heterocycles. The van der Waals surface area contributed by atoms with Crippen molar-refractivity contribution >= 4 is 28.9 Å². The van der Waals surface area contributed by atoms with E-state index < -0.39 is 0 Å². The lowest BCUT2D eigenvalue weighted by molar-refractivity contribution is -0.122. The van der Waals surface area contributed by atoms with Gasteiger partial charge < -0.3 is 14.6 Å². The van der Waals surface area contributed by atoms with Crippen molar-refractivity contribution < 1.29 is 18.8 Å². The number of likely N-dealkylation sites (tertiary alicyclic amines) is 1. The zero-order valence-electron chi connectivity index (χ0n) is 13.8. The fourth-order valence-corrected chi connectivity index (χ4v) is 3.56. The molecule has 0 saturated carbocycles. The highest BCUT2D eigenvalue weighted by Gasteiger charge is 2.25. The smallest absolute Gasteiger partial charge is 0.289 e. The first-order chi connectivity index (χ1) is 12.1. The molecule has 25 heavy (non-hydrogen) atoms. The van der Waals surface area contributed by atoms with E-state index in [9.17, 15) is 14.4 Å². The third-order valence-electron chi connectivity index (χ3n) is 4.25. The number of ketones is 1. The van der Waals surface area contributed by atoms with E-state index >= 15 is 0 Å². The van der Waals surface area contributed by atoms with Gasteiger partial charge >= 0.3 is 0 Å². The van der Waals surface area contributed by atoms with Crippen LogP contribution < -0.4 is 5.32 Å². The summed E-state index contributed by atoms with van der Waals surface area (Å²) in [4.78, 5) is 38.6.